The molecule has 0 saturated heterocycles. The number of hydrogen-bond donors (Lipinski definition) is 1. The third-order valence-corrected chi connectivity index (χ3v) is 2.62. The SMILES string of the molecule is CCCNC(=O)c1cc([N+](=O)[O-])cc([N+](=O)[O-])c1Cl. The van der Waals surface area contributed by atoms with Crippen LogP contribution in [-0.2, 0) is 0 Å². The molecular weight excluding hydrogens is 278 g/mol. The zero-order chi connectivity index (χ0) is 14.6. The number of carbonyl (C=O) groups excluding carboxylic acids is 1. The van der Waals surface area contributed by atoms with Gasteiger partial charge in [-0.3, -0.25) is 25.0 Å². The van der Waals surface area contributed by atoms with Crippen LogP contribution in [0.4, 0.5) is 11.4 Å². The number of benzene rings is 1. The van der Waals surface area contributed by atoms with Crippen molar-refractivity contribution in [3.05, 3.63) is 42.9 Å². The first-order valence-electron chi connectivity index (χ1n) is 5.29. The molecule has 1 amide bonds. The van der Waals surface area contributed by atoms with Crippen LogP contribution in [0.5, 0.6) is 0 Å². The highest BCUT2D eigenvalue weighted by Gasteiger charge is 2.25. The van der Waals surface area contributed by atoms with Crippen LogP contribution in [0, 0.1) is 20.2 Å². The molecule has 1 aromatic rings. The smallest absolute Gasteiger partial charge is 0.295 e. The fraction of sp³-hybridized carbons (Fsp3) is 0.300. The van der Waals surface area contributed by atoms with Gasteiger partial charge >= 0.3 is 0 Å². The molecule has 0 aromatic heterocycles. The van der Waals surface area contributed by atoms with E-state index in [9.17, 15) is 25.0 Å². The number of carbonyl (C=O) groups is 1. The summed E-state index contributed by atoms with van der Waals surface area (Å²) in [7, 11) is 0. The molecule has 0 bridgehead atoms. The maximum atomic E-state index is 11.7. The summed E-state index contributed by atoms with van der Waals surface area (Å²) in [6, 6.07) is 1.64. The summed E-state index contributed by atoms with van der Waals surface area (Å²) in [4.78, 5) is 31.5. The number of halogens is 1. The van der Waals surface area contributed by atoms with Crippen LogP contribution in [0.25, 0.3) is 0 Å². The normalized spacial score (nSPS) is 10.0. The van der Waals surface area contributed by atoms with E-state index in [-0.39, 0.29) is 5.56 Å². The topological polar surface area (TPSA) is 115 Å². The second-order valence-corrected chi connectivity index (χ2v) is 3.97. The molecule has 1 rings (SSSR count). The van der Waals surface area contributed by atoms with Crippen LogP contribution in [0.3, 0.4) is 0 Å². The van der Waals surface area contributed by atoms with Gasteiger partial charge in [0.2, 0.25) is 0 Å². The van der Waals surface area contributed by atoms with Crippen molar-refractivity contribution < 1.29 is 14.6 Å². The average Bonchev–Trinajstić information content (AvgIpc) is 2.35. The first-order chi connectivity index (χ1) is 8.88. The lowest BCUT2D eigenvalue weighted by atomic mass is 10.1. The van der Waals surface area contributed by atoms with E-state index in [1.165, 1.54) is 0 Å². The minimum Gasteiger partial charge on any atom is -0.352 e. The monoisotopic (exact) mass is 287 g/mol. The van der Waals surface area contributed by atoms with Gasteiger partial charge in [-0.1, -0.05) is 18.5 Å². The molecule has 1 aromatic carbocycles. The molecule has 0 aliphatic carbocycles. The van der Waals surface area contributed by atoms with Crippen molar-refractivity contribution in [2.24, 2.45) is 0 Å². The Labute approximate surface area is 112 Å². The van der Waals surface area contributed by atoms with E-state index in [2.05, 4.69) is 5.32 Å². The van der Waals surface area contributed by atoms with E-state index in [0.717, 1.165) is 12.1 Å². The Morgan fingerprint density at radius 3 is 2.42 bits per heavy atom. The summed E-state index contributed by atoms with van der Waals surface area (Å²) in [5, 5.41) is 23.5. The van der Waals surface area contributed by atoms with Gasteiger partial charge in [0.15, 0.2) is 0 Å². The van der Waals surface area contributed by atoms with Gasteiger partial charge in [0, 0.05) is 12.6 Å². The zero-order valence-electron chi connectivity index (χ0n) is 9.88. The highest BCUT2D eigenvalue weighted by atomic mass is 35.5. The van der Waals surface area contributed by atoms with Crippen molar-refractivity contribution in [2.45, 2.75) is 13.3 Å². The molecule has 102 valence electrons. The Kier molecular flexibility index (Phi) is 4.76. The summed E-state index contributed by atoms with van der Waals surface area (Å²) >= 11 is 5.73. The van der Waals surface area contributed by atoms with E-state index in [4.69, 9.17) is 11.6 Å². The van der Waals surface area contributed by atoms with Gasteiger partial charge in [-0.15, -0.1) is 0 Å². The van der Waals surface area contributed by atoms with Gasteiger partial charge < -0.3 is 5.32 Å². The lowest BCUT2D eigenvalue weighted by Crippen LogP contribution is -2.24. The molecule has 0 radical (unpaired) electrons. The number of hydrogen-bond acceptors (Lipinski definition) is 5. The Morgan fingerprint density at radius 2 is 1.95 bits per heavy atom. The highest BCUT2D eigenvalue weighted by molar-refractivity contribution is 6.36. The molecule has 0 heterocycles. The molecule has 0 spiro atoms. The van der Waals surface area contributed by atoms with E-state index in [1.807, 2.05) is 6.92 Å². The number of nitrogens with one attached hydrogen (secondary N) is 1. The van der Waals surface area contributed by atoms with Gasteiger partial charge in [0.05, 0.1) is 21.5 Å². The van der Waals surface area contributed by atoms with E-state index >= 15 is 0 Å². The van der Waals surface area contributed by atoms with Crippen LogP contribution in [0.15, 0.2) is 12.1 Å². The molecule has 8 nitrogen and oxygen atoms in total. The van der Waals surface area contributed by atoms with Crippen molar-refractivity contribution in [3.63, 3.8) is 0 Å². The lowest BCUT2D eigenvalue weighted by molar-refractivity contribution is -0.394. The number of amides is 1. The fourth-order valence-electron chi connectivity index (χ4n) is 1.33. The first kappa shape index (κ1) is 14.8. The van der Waals surface area contributed by atoms with Gasteiger partial charge in [0.25, 0.3) is 17.3 Å². The molecule has 19 heavy (non-hydrogen) atoms. The number of nitro benzene ring substituents is 2. The second-order valence-electron chi connectivity index (χ2n) is 3.60. The quantitative estimate of drug-likeness (QED) is 0.659. The van der Waals surface area contributed by atoms with Crippen molar-refractivity contribution in [1.82, 2.24) is 5.32 Å². The molecule has 0 unspecified atom stereocenters. The summed E-state index contributed by atoms with van der Waals surface area (Å²) in [6.07, 6.45) is 0.653. The highest BCUT2D eigenvalue weighted by Crippen LogP contribution is 2.32. The van der Waals surface area contributed by atoms with Crippen LogP contribution in [-0.4, -0.2) is 22.3 Å². The third-order valence-electron chi connectivity index (χ3n) is 2.23. The van der Waals surface area contributed by atoms with Crippen LogP contribution in [0.2, 0.25) is 5.02 Å². The number of rotatable bonds is 5. The molecule has 0 fully saturated rings. The van der Waals surface area contributed by atoms with Crippen molar-refractivity contribution in [1.29, 1.82) is 0 Å². The maximum absolute atomic E-state index is 11.7. The van der Waals surface area contributed by atoms with Gasteiger partial charge in [-0.25, -0.2) is 0 Å². The van der Waals surface area contributed by atoms with E-state index < -0.39 is 32.2 Å². The van der Waals surface area contributed by atoms with Crippen molar-refractivity contribution >= 4 is 28.9 Å². The Morgan fingerprint density at radius 1 is 1.32 bits per heavy atom. The summed E-state index contributed by atoms with van der Waals surface area (Å²) in [5.74, 6) is -0.682. The second kappa shape index (κ2) is 6.10. The Bertz CT molecular complexity index is 546. The predicted octanol–water partition coefficient (Wildman–Crippen LogP) is 2.30. The maximum Gasteiger partial charge on any atom is 0.295 e. The predicted molar refractivity (Wildman–Crippen MR) is 67.4 cm³/mol. The number of nitro groups is 2. The fourth-order valence-corrected chi connectivity index (χ4v) is 1.60. The van der Waals surface area contributed by atoms with Gasteiger partial charge in [0.1, 0.15) is 5.02 Å². The Hall–Kier alpha value is -2.22. The largest absolute Gasteiger partial charge is 0.352 e. The van der Waals surface area contributed by atoms with Crippen molar-refractivity contribution in [2.75, 3.05) is 6.54 Å². The van der Waals surface area contributed by atoms with Gasteiger partial charge in [-0.2, -0.15) is 0 Å². The molecule has 0 atom stereocenters. The number of nitrogens with zero attached hydrogens (tertiary/aromatic N) is 2. The standard InChI is InChI=1S/C10H10ClN3O5/c1-2-3-12-10(15)7-4-6(13(16)17)5-8(9(7)11)14(18)19/h4-5H,2-3H2,1H3,(H,12,15). The van der Waals surface area contributed by atoms with Gasteiger partial charge in [-0.05, 0) is 6.42 Å². The van der Waals surface area contributed by atoms with E-state index in [0.29, 0.717) is 13.0 Å². The first-order valence-corrected chi connectivity index (χ1v) is 5.66. The molecule has 0 aliphatic heterocycles. The summed E-state index contributed by atoms with van der Waals surface area (Å²) in [6.45, 7) is 2.16. The van der Waals surface area contributed by atoms with Crippen LogP contribution >= 0.6 is 11.6 Å². The summed E-state index contributed by atoms with van der Waals surface area (Å²) in [5.41, 5.74) is -1.51. The van der Waals surface area contributed by atoms with Crippen LogP contribution in [0.1, 0.15) is 23.7 Å². The molecule has 9 heteroatoms. The lowest BCUT2D eigenvalue weighted by Gasteiger charge is -2.06. The van der Waals surface area contributed by atoms with Crippen LogP contribution < -0.4 is 5.32 Å². The minimum atomic E-state index is -0.869. The minimum absolute atomic E-state index is 0.281. The average molecular weight is 288 g/mol. The summed E-state index contributed by atoms with van der Waals surface area (Å²) < 4.78 is 0. The molecule has 1 N–H and O–H groups in total. The third kappa shape index (κ3) is 3.38. The molecule has 0 aliphatic rings. The Balaban J connectivity index is 3.33. The molecule has 0 saturated carbocycles. The molecular formula is C10H10ClN3O5. The van der Waals surface area contributed by atoms with E-state index in [1.54, 1.807) is 0 Å². The zero-order valence-corrected chi connectivity index (χ0v) is 10.6. The van der Waals surface area contributed by atoms with Crippen molar-refractivity contribution in [3.8, 4) is 0 Å². The number of non-ortho nitro benzene ring substituents is 1.